The molecule has 3 aromatic rings. The largest absolute Gasteiger partial charge is 0.369 e. The lowest BCUT2D eigenvalue weighted by atomic mass is 10.3. The number of pyridine rings is 1. The van der Waals surface area contributed by atoms with Crippen LogP contribution in [0.3, 0.4) is 0 Å². The second-order valence-corrected chi connectivity index (χ2v) is 8.82. The quantitative estimate of drug-likeness (QED) is 0.442. The molecule has 3 aromatic heterocycles. The first-order valence-electron chi connectivity index (χ1n) is 9.55. The van der Waals surface area contributed by atoms with Gasteiger partial charge in [-0.3, -0.25) is 0 Å². The van der Waals surface area contributed by atoms with Gasteiger partial charge in [-0.05, 0) is 45.4 Å². The van der Waals surface area contributed by atoms with E-state index in [1.54, 1.807) is 23.8 Å². The van der Waals surface area contributed by atoms with Gasteiger partial charge in [-0.1, -0.05) is 0 Å². The summed E-state index contributed by atoms with van der Waals surface area (Å²) in [6.07, 6.45) is 4.76. The Bertz CT molecular complexity index is 1110. The number of aromatic nitrogens is 5. The van der Waals surface area contributed by atoms with Gasteiger partial charge in [-0.2, -0.15) is 0 Å². The van der Waals surface area contributed by atoms with Crippen LogP contribution in [0.25, 0.3) is 0 Å². The maximum absolute atomic E-state index is 12.4. The molecule has 0 unspecified atom stereocenters. The van der Waals surface area contributed by atoms with Crippen molar-refractivity contribution in [2.45, 2.75) is 38.8 Å². The van der Waals surface area contributed by atoms with Crippen molar-refractivity contribution < 1.29 is 8.42 Å². The van der Waals surface area contributed by atoms with Gasteiger partial charge in [0, 0.05) is 37.6 Å². The van der Waals surface area contributed by atoms with Gasteiger partial charge >= 0.3 is 0 Å². The van der Waals surface area contributed by atoms with Crippen LogP contribution in [-0.4, -0.2) is 46.0 Å². The zero-order valence-electron chi connectivity index (χ0n) is 17.4. The van der Waals surface area contributed by atoms with Crippen molar-refractivity contribution in [3.8, 4) is 0 Å². The summed E-state index contributed by atoms with van der Waals surface area (Å²) in [6.45, 7) is 8.21. The van der Waals surface area contributed by atoms with Crippen molar-refractivity contribution in [2.24, 2.45) is 0 Å². The topological polar surface area (TPSA) is 127 Å². The van der Waals surface area contributed by atoms with Crippen LogP contribution >= 0.6 is 0 Å². The van der Waals surface area contributed by atoms with Gasteiger partial charge in [-0.25, -0.2) is 33.1 Å². The first-order valence-corrected chi connectivity index (χ1v) is 11.0. The summed E-state index contributed by atoms with van der Waals surface area (Å²) < 4.78 is 29.0. The Hall–Kier alpha value is -3.05. The molecule has 0 saturated heterocycles. The number of nitrogens with zero attached hydrogens (tertiary/aromatic N) is 5. The predicted molar refractivity (Wildman–Crippen MR) is 115 cm³/mol. The van der Waals surface area contributed by atoms with Crippen molar-refractivity contribution >= 4 is 27.5 Å². The predicted octanol–water partition coefficient (Wildman–Crippen LogP) is 2.40. The molecular formula is C19H26N8O2S. The second kappa shape index (κ2) is 9.18. The van der Waals surface area contributed by atoms with Gasteiger partial charge in [0.15, 0.2) is 5.03 Å². The number of imidazole rings is 1. The molecule has 0 amide bonds. The van der Waals surface area contributed by atoms with E-state index in [1.165, 1.54) is 12.5 Å². The van der Waals surface area contributed by atoms with E-state index in [0.29, 0.717) is 29.8 Å². The van der Waals surface area contributed by atoms with E-state index in [-0.39, 0.29) is 17.6 Å². The van der Waals surface area contributed by atoms with Crippen LogP contribution in [-0.2, 0) is 10.0 Å². The van der Waals surface area contributed by atoms with Gasteiger partial charge in [0.2, 0.25) is 0 Å². The monoisotopic (exact) mass is 430 g/mol. The molecule has 0 saturated carbocycles. The van der Waals surface area contributed by atoms with Crippen LogP contribution < -0.4 is 15.4 Å². The minimum absolute atomic E-state index is 0.00576. The Balaban J connectivity index is 1.57. The highest BCUT2D eigenvalue weighted by Gasteiger charge is 2.17. The summed E-state index contributed by atoms with van der Waals surface area (Å²) in [5.74, 6) is 2.45. The number of sulfonamides is 1. The van der Waals surface area contributed by atoms with Crippen LogP contribution in [0.2, 0.25) is 0 Å². The Labute approximate surface area is 176 Å². The lowest BCUT2D eigenvalue weighted by molar-refractivity contribution is 0.577. The van der Waals surface area contributed by atoms with E-state index < -0.39 is 10.0 Å². The van der Waals surface area contributed by atoms with E-state index in [0.717, 1.165) is 5.56 Å². The molecule has 11 heteroatoms. The lowest BCUT2D eigenvalue weighted by Gasteiger charge is -2.10. The molecule has 30 heavy (non-hydrogen) atoms. The normalized spacial score (nSPS) is 11.6. The molecule has 3 N–H and O–H groups in total. The molecule has 0 fully saturated rings. The highest BCUT2D eigenvalue weighted by atomic mass is 32.2. The molecular weight excluding hydrogens is 404 g/mol. The van der Waals surface area contributed by atoms with Crippen molar-refractivity contribution in [2.75, 3.05) is 23.7 Å². The fourth-order valence-corrected chi connectivity index (χ4v) is 3.61. The van der Waals surface area contributed by atoms with Crippen molar-refractivity contribution in [1.29, 1.82) is 0 Å². The third kappa shape index (κ3) is 5.74. The average molecular weight is 431 g/mol. The lowest BCUT2D eigenvalue weighted by Crippen LogP contribution is -2.29. The standard InChI is InChI=1S/C19H26N8O2S/c1-13(2)27-11-19(22-12-27)30(28,29)23-8-7-21-17-10-18(25-15(4)24-17)26-16-9-14(3)5-6-20-16/h5-6,9-13,23H,7-8H2,1-4H3,(H2,20,21,24,25,26). The van der Waals surface area contributed by atoms with Gasteiger partial charge in [0.05, 0.1) is 6.33 Å². The molecule has 0 aromatic carbocycles. The minimum atomic E-state index is -3.66. The molecule has 0 atom stereocenters. The molecule has 0 aliphatic heterocycles. The number of nitrogens with one attached hydrogen (secondary N) is 3. The van der Waals surface area contributed by atoms with Gasteiger partial charge in [-0.15, -0.1) is 0 Å². The number of hydrogen-bond acceptors (Lipinski definition) is 8. The van der Waals surface area contributed by atoms with E-state index in [1.807, 2.05) is 32.9 Å². The van der Waals surface area contributed by atoms with E-state index in [4.69, 9.17) is 0 Å². The summed E-state index contributed by atoms with van der Waals surface area (Å²) in [7, 11) is -3.66. The molecule has 10 nitrogen and oxygen atoms in total. The van der Waals surface area contributed by atoms with Crippen LogP contribution in [0.15, 0.2) is 41.9 Å². The highest BCUT2D eigenvalue weighted by molar-refractivity contribution is 7.89. The van der Waals surface area contributed by atoms with Crippen LogP contribution in [0.5, 0.6) is 0 Å². The number of rotatable bonds is 9. The molecule has 3 rings (SSSR count). The second-order valence-electron chi connectivity index (χ2n) is 7.11. The molecule has 0 aliphatic rings. The molecule has 0 aliphatic carbocycles. The maximum atomic E-state index is 12.4. The molecule has 3 heterocycles. The third-order valence-electron chi connectivity index (χ3n) is 4.18. The Kier molecular flexibility index (Phi) is 6.63. The van der Waals surface area contributed by atoms with Crippen molar-refractivity contribution in [1.82, 2.24) is 29.2 Å². The number of aryl methyl sites for hydroxylation is 2. The Morgan fingerprint density at radius 3 is 2.50 bits per heavy atom. The first kappa shape index (κ1) is 21.7. The van der Waals surface area contributed by atoms with E-state index >= 15 is 0 Å². The van der Waals surface area contributed by atoms with Crippen LogP contribution in [0.4, 0.5) is 17.5 Å². The molecule has 0 spiro atoms. The maximum Gasteiger partial charge on any atom is 0.259 e. The average Bonchev–Trinajstić information content (AvgIpc) is 3.16. The SMILES string of the molecule is Cc1ccnc(Nc2cc(NCCNS(=O)(=O)c3cn(C(C)C)cn3)nc(C)n2)c1. The Morgan fingerprint density at radius 1 is 1.03 bits per heavy atom. The van der Waals surface area contributed by atoms with Gasteiger partial charge < -0.3 is 15.2 Å². The first-order chi connectivity index (χ1) is 14.2. The smallest absolute Gasteiger partial charge is 0.259 e. The number of hydrogen-bond donors (Lipinski definition) is 3. The number of anilines is 3. The summed E-state index contributed by atoms with van der Waals surface area (Å²) in [6, 6.07) is 5.72. The highest BCUT2D eigenvalue weighted by Crippen LogP contribution is 2.16. The minimum Gasteiger partial charge on any atom is -0.369 e. The molecule has 0 bridgehead atoms. The van der Waals surface area contributed by atoms with Gasteiger partial charge in [0.1, 0.15) is 23.3 Å². The van der Waals surface area contributed by atoms with Crippen molar-refractivity contribution in [3.05, 3.63) is 48.3 Å². The zero-order chi connectivity index (χ0) is 21.7. The summed E-state index contributed by atoms with van der Waals surface area (Å²) in [5.41, 5.74) is 1.09. The summed E-state index contributed by atoms with van der Waals surface area (Å²) in [5, 5.41) is 6.26. The summed E-state index contributed by atoms with van der Waals surface area (Å²) in [4.78, 5) is 16.9. The van der Waals surface area contributed by atoms with E-state index in [2.05, 4.69) is 35.3 Å². The zero-order valence-corrected chi connectivity index (χ0v) is 18.2. The molecule has 160 valence electrons. The third-order valence-corrected chi connectivity index (χ3v) is 5.53. The van der Waals surface area contributed by atoms with Crippen molar-refractivity contribution in [3.63, 3.8) is 0 Å². The van der Waals surface area contributed by atoms with Gasteiger partial charge in [0.25, 0.3) is 10.0 Å². The van der Waals surface area contributed by atoms with Crippen LogP contribution in [0, 0.1) is 13.8 Å². The molecule has 0 radical (unpaired) electrons. The van der Waals surface area contributed by atoms with E-state index in [9.17, 15) is 8.42 Å². The van der Waals surface area contributed by atoms with Crippen LogP contribution in [0.1, 0.15) is 31.3 Å². The fourth-order valence-electron chi connectivity index (χ4n) is 2.65. The Morgan fingerprint density at radius 2 is 1.80 bits per heavy atom. The summed E-state index contributed by atoms with van der Waals surface area (Å²) >= 11 is 0. The fraction of sp³-hybridized carbons (Fsp3) is 0.368.